The Morgan fingerprint density at radius 2 is 2.20 bits per heavy atom. The van der Waals surface area contributed by atoms with Crippen LogP contribution < -0.4 is 4.74 Å². The number of likely N-dealkylation sites (tertiary alicyclic amines) is 1. The van der Waals surface area contributed by atoms with Crippen molar-refractivity contribution in [2.75, 3.05) is 26.3 Å². The molecule has 0 spiro atoms. The summed E-state index contributed by atoms with van der Waals surface area (Å²) in [5.41, 5.74) is 2.52. The molecule has 1 saturated heterocycles. The Balaban J connectivity index is 2.24. The molecule has 25 heavy (non-hydrogen) atoms. The van der Waals surface area contributed by atoms with Crippen LogP contribution in [-0.2, 0) is 0 Å². The van der Waals surface area contributed by atoms with Crippen molar-refractivity contribution in [1.82, 2.24) is 4.90 Å². The summed E-state index contributed by atoms with van der Waals surface area (Å²) in [5.74, 6) is 1.61. The van der Waals surface area contributed by atoms with Gasteiger partial charge in [-0.2, -0.15) is 0 Å². The summed E-state index contributed by atoms with van der Waals surface area (Å²) < 4.78 is 6.06. The number of aliphatic hydroxyl groups excluding tert-OH is 1. The lowest BCUT2D eigenvalue weighted by atomic mass is 9.68. The smallest absolute Gasteiger partial charge is 0.122 e. The minimum atomic E-state index is 0.0255. The highest BCUT2D eigenvalue weighted by molar-refractivity contribution is 5.39. The van der Waals surface area contributed by atoms with E-state index in [4.69, 9.17) is 4.74 Å². The molecule has 0 radical (unpaired) electrons. The van der Waals surface area contributed by atoms with E-state index in [0.29, 0.717) is 5.92 Å². The normalized spacial score (nSPS) is 24.4. The van der Waals surface area contributed by atoms with Crippen LogP contribution in [-0.4, -0.2) is 36.3 Å². The van der Waals surface area contributed by atoms with Crippen molar-refractivity contribution < 1.29 is 9.84 Å². The molecule has 3 heteroatoms. The molecule has 1 aliphatic rings. The molecule has 3 atom stereocenters. The second kappa shape index (κ2) is 8.75. The van der Waals surface area contributed by atoms with E-state index >= 15 is 0 Å². The van der Waals surface area contributed by atoms with Gasteiger partial charge in [0.2, 0.25) is 0 Å². The molecule has 1 heterocycles. The van der Waals surface area contributed by atoms with Crippen molar-refractivity contribution in [3.63, 3.8) is 0 Å². The molecule has 0 amide bonds. The lowest BCUT2D eigenvalue weighted by molar-refractivity contribution is 0.112. The minimum Gasteiger partial charge on any atom is -0.493 e. The first-order valence-electron chi connectivity index (χ1n) is 9.67. The van der Waals surface area contributed by atoms with Gasteiger partial charge in [0.05, 0.1) is 6.61 Å². The molecule has 3 unspecified atom stereocenters. The fourth-order valence-corrected chi connectivity index (χ4v) is 3.91. The fourth-order valence-electron chi connectivity index (χ4n) is 3.91. The maximum absolute atomic E-state index is 9.78. The predicted octanol–water partition coefficient (Wildman–Crippen LogP) is 4.74. The highest BCUT2D eigenvalue weighted by atomic mass is 16.5. The average Bonchev–Trinajstić information content (AvgIpc) is 2.97. The van der Waals surface area contributed by atoms with Gasteiger partial charge in [-0.1, -0.05) is 52.3 Å². The van der Waals surface area contributed by atoms with E-state index in [1.165, 1.54) is 24.0 Å². The summed E-state index contributed by atoms with van der Waals surface area (Å²) in [5, 5.41) is 9.78. The van der Waals surface area contributed by atoms with Crippen molar-refractivity contribution in [2.24, 2.45) is 11.3 Å². The van der Waals surface area contributed by atoms with Crippen LogP contribution in [0, 0.1) is 18.3 Å². The number of rotatable bonds is 9. The lowest BCUT2D eigenvalue weighted by Crippen LogP contribution is -2.34. The van der Waals surface area contributed by atoms with Gasteiger partial charge in [0, 0.05) is 25.6 Å². The average molecular weight is 346 g/mol. The van der Waals surface area contributed by atoms with Gasteiger partial charge in [0.15, 0.2) is 0 Å². The zero-order chi connectivity index (χ0) is 18.4. The third-order valence-electron chi connectivity index (χ3n) is 6.03. The van der Waals surface area contributed by atoms with E-state index in [-0.39, 0.29) is 17.9 Å². The van der Waals surface area contributed by atoms with Gasteiger partial charge in [-0.05, 0) is 48.1 Å². The number of nitrogens with zero attached hydrogens (tertiary/aromatic N) is 1. The SMILES string of the molecule is C=CN1CC(c2ccc(C)c(OCCCCC)c2)C(C)(C(C)CO)C1. The largest absolute Gasteiger partial charge is 0.493 e. The summed E-state index contributed by atoms with van der Waals surface area (Å²) in [6.45, 7) is 15.6. The molecule has 1 aromatic rings. The molecule has 2 rings (SSSR count). The second-order valence-corrected chi connectivity index (χ2v) is 7.83. The van der Waals surface area contributed by atoms with Gasteiger partial charge >= 0.3 is 0 Å². The second-order valence-electron chi connectivity index (χ2n) is 7.83. The Morgan fingerprint density at radius 3 is 2.84 bits per heavy atom. The molecule has 1 fully saturated rings. The summed E-state index contributed by atoms with van der Waals surface area (Å²) >= 11 is 0. The summed E-state index contributed by atoms with van der Waals surface area (Å²) in [6.07, 6.45) is 5.45. The Bertz CT molecular complexity index is 571. The van der Waals surface area contributed by atoms with Gasteiger partial charge in [-0.3, -0.25) is 0 Å². The maximum Gasteiger partial charge on any atom is 0.122 e. The van der Waals surface area contributed by atoms with Crippen molar-refractivity contribution >= 4 is 0 Å². The first kappa shape index (κ1) is 19.8. The molecule has 0 aliphatic carbocycles. The standard InChI is InChI=1S/C22H35NO2/c1-6-8-9-12-25-21-13-19(11-10-17(21)3)20-14-23(7-2)16-22(20,5)18(4)15-24/h7,10-11,13,18,20,24H,2,6,8-9,12,14-16H2,1,3-5H3. The van der Waals surface area contributed by atoms with E-state index in [0.717, 1.165) is 31.9 Å². The maximum atomic E-state index is 9.78. The first-order chi connectivity index (χ1) is 12.0. The van der Waals surface area contributed by atoms with E-state index in [1.807, 2.05) is 6.20 Å². The zero-order valence-electron chi connectivity index (χ0n) is 16.4. The third kappa shape index (κ3) is 4.38. The first-order valence-corrected chi connectivity index (χ1v) is 9.67. The van der Waals surface area contributed by atoms with Crippen LogP contribution in [0.1, 0.15) is 57.1 Å². The van der Waals surface area contributed by atoms with Crippen LogP contribution in [0.4, 0.5) is 0 Å². The van der Waals surface area contributed by atoms with Crippen LogP contribution in [0.25, 0.3) is 0 Å². The van der Waals surface area contributed by atoms with E-state index < -0.39 is 0 Å². The summed E-state index contributed by atoms with van der Waals surface area (Å²) in [7, 11) is 0. The van der Waals surface area contributed by atoms with Crippen molar-refractivity contribution in [3.05, 3.63) is 42.1 Å². The molecular formula is C22H35NO2. The van der Waals surface area contributed by atoms with E-state index in [2.05, 4.69) is 57.4 Å². The lowest BCUT2D eigenvalue weighted by Gasteiger charge is -2.36. The number of aliphatic hydroxyl groups is 1. The van der Waals surface area contributed by atoms with Crippen LogP contribution in [0.15, 0.2) is 31.0 Å². The van der Waals surface area contributed by atoms with Crippen molar-refractivity contribution in [3.8, 4) is 5.75 Å². The number of ether oxygens (including phenoxy) is 1. The third-order valence-corrected chi connectivity index (χ3v) is 6.03. The summed E-state index contributed by atoms with van der Waals surface area (Å²) in [4.78, 5) is 2.28. The Morgan fingerprint density at radius 1 is 1.44 bits per heavy atom. The topological polar surface area (TPSA) is 32.7 Å². The number of unbranched alkanes of at least 4 members (excludes halogenated alkanes) is 2. The quantitative estimate of drug-likeness (QED) is 0.656. The number of aryl methyl sites for hydroxylation is 1. The van der Waals surface area contributed by atoms with Gasteiger partial charge < -0.3 is 14.7 Å². The Hall–Kier alpha value is -1.48. The summed E-state index contributed by atoms with van der Waals surface area (Å²) in [6, 6.07) is 6.62. The molecule has 0 bridgehead atoms. The van der Waals surface area contributed by atoms with Gasteiger partial charge in [-0.25, -0.2) is 0 Å². The molecule has 1 aliphatic heterocycles. The highest BCUT2D eigenvalue weighted by Gasteiger charge is 2.46. The van der Waals surface area contributed by atoms with Crippen molar-refractivity contribution in [1.29, 1.82) is 0 Å². The number of hydrogen-bond donors (Lipinski definition) is 1. The monoisotopic (exact) mass is 345 g/mol. The Labute approximate surface area is 153 Å². The van der Waals surface area contributed by atoms with Crippen LogP contribution >= 0.6 is 0 Å². The molecule has 1 N–H and O–H groups in total. The van der Waals surface area contributed by atoms with E-state index in [9.17, 15) is 5.11 Å². The van der Waals surface area contributed by atoms with Crippen LogP contribution in [0.5, 0.6) is 5.75 Å². The van der Waals surface area contributed by atoms with Crippen molar-refractivity contribution in [2.45, 2.75) is 52.9 Å². The van der Waals surface area contributed by atoms with Crippen LogP contribution in [0.2, 0.25) is 0 Å². The van der Waals surface area contributed by atoms with Gasteiger partial charge in [-0.15, -0.1) is 0 Å². The minimum absolute atomic E-state index is 0.0255. The van der Waals surface area contributed by atoms with E-state index in [1.54, 1.807) is 0 Å². The molecule has 140 valence electrons. The zero-order valence-corrected chi connectivity index (χ0v) is 16.4. The highest BCUT2D eigenvalue weighted by Crippen LogP contribution is 2.48. The fraction of sp³-hybridized carbons (Fsp3) is 0.636. The molecule has 0 saturated carbocycles. The van der Waals surface area contributed by atoms with Gasteiger partial charge in [0.1, 0.15) is 5.75 Å². The number of benzene rings is 1. The molecule has 0 aromatic heterocycles. The van der Waals surface area contributed by atoms with Crippen LogP contribution in [0.3, 0.4) is 0 Å². The molecule has 3 nitrogen and oxygen atoms in total. The van der Waals surface area contributed by atoms with Gasteiger partial charge in [0.25, 0.3) is 0 Å². The number of hydrogen-bond acceptors (Lipinski definition) is 3. The molecule has 1 aromatic carbocycles. The molecular weight excluding hydrogens is 310 g/mol. The predicted molar refractivity (Wildman–Crippen MR) is 105 cm³/mol. The Kier molecular flexibility index (Phi) is 6.95.